The molecule has 2 saturated heterocycles. The first-order chi connectivity index (χ1) is 15.2. The van der Waals surface area contributed by atoms with Crippen LogP contribution in [0.4, 0.5) is 0 Å². The molecule has 6 heteroatoms. The number of ether oxygens (including phenoxy) is 1. The number of rotatable bonds is 8. The van der Waals surface area contributed by atoms with Crippen LogP contribution in [0.15, 0.2) is 0 Å². The summed E-state index contributed by atoms with van der Waals surface area (Å²) in [4.78, 5) is 12.0. The van der Waals surface area contributed by atoms with Crippen molar-refractivity contribution in [1.82, 2.24) is 10.6 Å². The molecule has 0 aromatic heterocycles. The summed E-state index contributed by atoms with van der Waals surface area (Å²) in [6.07, 6.45) is 13.9. The Hall–Kier alpha value is -0.304. The predicted octanol–water partition coefficient (Wildman–Crippen LogP) is 6.41. The number of piperidine rings is 2. The summed E-state index contributed by atoms with van der Waals surface area (Å²) in [5.41, 5.74) is 0.672. The molecule has 0 aromatic carbocycles. The third-order valence-electron chi connectivity index (χ3n) is 6.07. The summed E-state index contributed by atoms with van der Waals surface area (Å²) in [5, 5.41) is 7.21. The van der Waals surface area contributed by atoms with Crippen molar-refractivity contribution in [3.63, 3.8) is 0 Å². The van der Waals surface area contributed by atoms with Gasteiger partial charge in [-0.3, -0.25) is 4.79 Å². The quantitative estimate of drug-likeness (QED) is 0.224. The van der Waals surface area contributed by atoms with Crippen molar-refractivity contribution in [2.24, 2.45) is 0 Å². The van der Waals surface area contributed by atoms with Crippen LogP contribution in [0.3, 0.4) is 0 Å². The molecule has 0 saturated carbocycles. The van der Waals surface area contributed by atoms with E-state index in [4.69, 9.17) is 8.60 Å². The molecule has 0 atom stereocenters. The first kappa shape index (κ1) is 32.7. The van der Waals surface area contributed by atoms with Crippen molar-refractivity contribution in [2.45, 2.75) is 154 Å². The number of carbonyl (C=O) groups excluding carboxylic acids is 1. The van der Waals surface area contributed by atoms with Gasteiger partial charge in [-0.25, -0.2) is 0 Å². The molecule has 0 aliphatic carbocycles. The third kappa shape index (κ3) is 16.1. The van der Waals surface area contributed by atoms with E-state index in [1.54, 1.807) is 0 Å². The Kier molecular flexibility index (Phi) is 14.8. The summed E-state index contributed by atoms with van der Waals surface area (Å²) < 4.78 is 13.6. The van der Waals surface area contributed by atoms with Gasteiger partial charge < -0.3 is 28.7 Å². The summed E-state index contributed by atoms with van der Waals surface area (Å²) in [6, 6.07) is 0. The molecular weight excluding hydrogens is 459 g/mol. The average Bonchev–Trinajstić information content (AvgIpc) is 2.62. The van der Waals surface area contributed by atoms with Crippen LogP contribution in [0.5, 0.6) is 0 Å². The van der Waals surface area contributed by atoms with Crippen LogP contribution in [0.2, 0.25) is 0 Å². The van der Waals surface area contributed by atoms with Crippen LogP contribution in [0.25, 0.3) is 0 Å². The maximum absolute atomic E-state index is 12.0. The van der Waals surface area contributed by atoms with E-state index in [0.717, 1.165) is 32.1 Å². The zero-order valence-electron chi connectivity index (χ0n) is 22.7. The first-order valence-electron chi connectivity index (χ1n) is 12.7. The molecule has 0 unspecified atom stereocenters. The van der Waals surface area contributed by atoms with Crippen LogP contribution >= 0.6 is 0 Å². The fourth-order valence-corrected chi connectivity index (χ4v) is 5.35. The number of hydrogen-bond acceptors (Lipinski definition) is 5. The van der Waals surface area contributed by atoms with E-state index in [1.165, 1.54) is 32.1 Å². The van der Waals surface area contributed by atoms with Crippen molar-refractivity contribution in [1.29, 1.82) is 0 Å². The fraction of sp³-hybridized carbons (Fsp3) is 0.889. The topological polar surface area (TPSA) is 67.4 Å². The Morgan fingerprint density at radius 3 is 1.67 bits per heavy atom. The van der Waals surface area contributed by atoms with E-state index in [1.807, 2.05) is 0 Å². The van der Waals surface area contributed by atoms with Crippen molar-refractivity contribution in [3.05, 3.63) is 13.3 Å². The molecule has 0 spiro atoms. The molecule has 2 aliphatic heterocycles. The Labute approximate surface area is 213 Å². The van der Waals surface area contributed by atoms with Gasteiger partial charge in [0.25, 0.3) is 0 Å². The third-order valence-corrected chi connectivity index (χ3v) is 6.07. The molecule has 2 rings (SSSR count). The minimum absolute atomic E-state index is 0.0225. The van der Waals surface area contributed by atoms with Gasteiger partial charge in [0.2, 0.25) is 0 Å². The number of esters is 1. The minimum atomic E-state index is -0.0225. The number of hydrogen-bond donors (Lipinski definition) is 2. The van der Waals surface area contributed by atoms with Gasteiger partial charge in [-0.2, -0.15) is 19.3 Å². The molecule has 199 valence electrons. The summed E-state index contributed by atoms with van der Waals surface area (Å²) in [7, 11) is 0. The first-order valence-corrected chi connectivity index (χ1v) is 13.1. The fourth-order valence-electron chi connectivity index (χ4n) is 5.35. The maximum atomic E-state index is 12.0. The Morgan fingerprint density at radius 1 is 0.818 bits per heavy atom. The number of carbonyl (C=O) groups is 1. The van der Waals surface area contributed by atoms with E-state index in [0.29, 0.717) is 17.5 Å². The number of unbranched alkanes of at least 4 members (excludes halogenated alkanes) is 5. The van der Waals surface area contributed by atoms with Gasteiger partial charge in [0, 0.05) is 30.3 Å². The van der Waals surface area contributed by atoms with Crippen LogP contribution in [0, 0.1) is 13.3 Å². The molecule has 2 fully saturated rings. The van der Waals surface area contributed by atoms with Crippen LogP contribution < -0.4 is 10.6 Å². The van der Waals surface area contributed by atoms with Gasteiger partial charge in [-0.15, -0.1) is 0 Å². The summed E-state index contributed by atoms with van der Waals surface area (Å²) >= 11 is 2.31. The second-order valence-electron chi connectivity index (χ2n) is 12.4. The van der Waals surface area contributed by atoms with E-state index >= 15 is 0 Å². The van der Waals surface area contributed by atoms with Crippen LogP contribution in [0.1, 0.15) is 126 Å². The summed E-state index contributed by atoms with van der Waals surface area (Å²) in [5.74, 6) is -0.0225. The zero-order chi connectivity index (χ0) is 25.8. The second kappa shape index (κ2) is 15.0. The Morgan fingerprint density at radius 2 is 1.24 bits per heavy atom. The number of nitrogens with one attached hydrogen (secondary N) is 2. The second-order valence-corrected chi connectivity index (χ2v) is 12.4. The van der Waals surface area contributed by atoms with Crippen molar-refractivity contribution in [2.75, 3.05) is 0 Å². The van der Waals surface area contributed by atoms with Gasteiger partial charge in [0.05, 0.1) is 0 Å². The Bertz CT molecular complexity index is 532. The van der Waals surface area contributed by atoms with E-state index < -0.39 is 0 Å². The molecular formula is C27H52CoN2O3-2. The molecule has 2 aliphatic rings. The SMILES string of the molecule is CC1(C)C[CH-]CC(C)(C)N1.[CH2-]CCCCCCCC(=O)OC1CC(C)(C)NC(C)(C)C1.[O]=[Co]. The summed E-state index contributed by atoms with van der Waals surface area (Å²) in [6.45, 7) is 21.6. The molecule has 2 N–H and O–H groups in total. The predicted molar refractivity (Wildman–Crippen MR) is 134 cm³/mol. The molecule has 0 radical (unpaired) electrons. The van der Waals surface area contributed by atoms with Gasteiger partial charge in [-0.1, -0.05) is 25.7 Å². The van der Waals surface area contributed by atoms with Crippen molar-refractivity contribution in [3.8, 4) is 0 Å². The molecule has 33 heavy (non-hydrogen) atoms. The monoisotopic (exact) mass is 511 g/mol. The van der Waals surface area contributed by atoms with Gasteiger partial charge in [0.1, 0.15) is 6.10 Å². The molecule has 0 aromatic rings. The Balaban J connectivity index is 0.000000709. The molecule has 5 nitrogen and oxygen atoms in total. The van der Waals surface area contributed by atoms with E-state index in [-0.39, 0.29) is 23.2 Å². The molecule has 0 bridgehead atoms. The standard InChI is InChI=1S/C18H34NO2.C9H18N.Co.O/c1-6-7-8-9-10-11-12-16(20)21-15-13-17(2,3)19-18(4,5)14-15;1-8(2)6-5-7-9(3,4)10-8;;/h15,19H,1,6-14H2,2-5H3;5,10H,6-7H2,1-4H3;;/q2*-1;;. The van der Waals surface area contributed by atoms with E-state index in [2.05, 4.69) is 95.0 Å². The van der Waals surface area contributed by atoms with Crippen molar-refractivity contribution < 1.29 is 29.1 Å². The zero-order valence-corrected chi connectivity index (χ0v) is 23.7. The molecule has 2 heterocycles. The normalized spacial score (nSPS) is 22.7. The van der Waals surface area contributed by atoms with Crippen LogP contribution in [-0.4, -0.2) is 34.2 Å². The molecule has 0 amide bonds. The van der Waals surface area contributed by atoms with Crippen molar-refractivity contribution >= 4 is 5.97 Å². The van der Waals surface area contributed by atoms with Gasteiger partial charge in [0.15, 0.2) is 0 Å². The van der Waals surface area contributed by atoms with Crippen LogP contribution in [-0.2, 0) is 29.1 Å². The van der Waals surface area contributed by atoms with Gasteiger partial charge in [-0.05, 0) is 72.9 Å². The average molecular weight is 512 g/mol. The van der Waals surface area contributed by atoms with Gasteiger partial charge >= 0.3 is 25.5 Å². The van der Waals surface area contributed by atoms with E-state index in [9.17, 15) is 4.79 Å².